The van der Waals surface area contributed by atoms with Gasteiger partial charge in [-0.2, -0.15) is 0 Å². The van der Waals surface area contributed by atoms with Gasteiger partial charge in [-0.15, -0.1) is 11.8 Å². The molecule has 0 saturated heterocycles. The summed E-state index contributed by atoms with van der Waals surface area (Å²) in [6.07, 6.45) is 2.04. The maximum atomic E-state index is 13.2. The Kier molecular flexibility index (Phi) is 6.79. The van der Waals surface area contributed by atoms with Crippen LogP contribution in [-0.4, -0.2) is 28.7 Å². The Morgan fingerprint density at radius 3 is 2.74 bits per heavy atom. The SMILES string of the molecule is COc1ccc2nc(N(Cc3ccccn3)C(=O)CCSc3ccc(F)cc3)sc2c1. The lowest BCUT2D eigenvalue weighted by Crippen LogP contribution is -2.30. The molecule has 0 saturated carbocycles. The van der Waals surface area contributed by atoms with Gasteiger partial charge in [0.2, 0.25) is 5.91 Å². The average molecular weight is 454 g/mol. The van der Waals surface area contributed by atoms with Gasteiger partial charge in [-0.05, 0) is 54.6 Å². The standard InChI is InChI=1S/C23H20FN3O2S2/c1-29-18-7-10-20-21(14-18)31-23(26-20)27(15-17-4-2-3-12-25-17)22(28)11-13-30-19-8-5-16(24)6-9-19/h2-10,12,14H,11,13,15H2,1H3. The summed E-state index contributed by atoms with van der Waals surface area (Å²) in [5.41, 5.74) is 1.61. The normalized spacial score (nSPS) is 10.9. The summed E-state index contributed by atoms with van der Waals surface area (Å²) in [5, 5.41) is 0.630. The van der Waals surface area contributed by atoms with Gasteiger partial charge in [0, 0.05) is 23.3 Å². The molecule has 158 valence electrons. The highest BCUT2D eigenvalue weighted by Gasteiger charge is 2.21. The third-order valence-corrected chi connectivity index (χ3v) is 6.62. The number of carbonyl (C=O) groups excluding carboxylic acids is 1. The van der Waals surface area contributed by atoms with Crippen molar-refractivity contribution in [1.82, 2.24) is 9.97 Å². The molecule has 0 spiro atoms. The Bertz CT molecular complexity index is 1170. The van der Waals surface area contributed by atoms with E-state index in [1.54, 1.807) is 30.3 Å². The van der Waals surface area contributed by atoms with Gasteiger partial charge in [0.15, 0.2) is 5.13 Å². The number of hydrogen-bond acceptors (Lipinski definition) is 6. The lowest BCUT2D eigenvalue weighted by molar-refractivity contribution is -0.118. The van der Waals surface area contributed by atoms with Gasteiger partial charge in [-0.25, -0.2) is 9.37 Å². The van der Waals surface area contributed by atoms with Crippen LogP contribution < -0.4 is 9.64 Å². The number of aromatic nitrogens is 2. The Morgan fingerprint density at radius 1 is 1.16 bits per heavy atom. The molecule has 4 rings (SSSR count). The number of halogens is 1. The number of fused-ring (bicyclic) bond motifs is 1. The highest BCUT2D eigenvalue weighted by molar-refractivity contribution is 7.99. The first kappa shape index (κ1) is 21.3. The first-order valence-electron chi connectivity index (χ1n) is 9.65. The van der Waals surface area contributed by atoms with E-state index in [4.69, 9.17) is 4.74 Å². The molecule has 2 aromatic heterocycles. The third kappa shape index (κ3) is 5.39. The van der Waals surface area contributed by atoms with Crippen molar-refractivity contribution in [3.63, 3.8) is 0 Å². The van der Waals surface area contributed by atoms with Gasteiger partial charge >= 0.3 is 0 Å². The van der Waals surface area contributed by atoms with E-state index in [1.807, 2.05) is 36.4 Å². The number of ether oxygens (including phenoxy) is 1. The van der Waals surface area contributed by atoms with E-state index in [9.17, 15) is 9.18 Å². The largest absolute Gasteiger partial charge is 0.497 e. The number of hydrogen-bond donors (Lipinski definition) is 0. The molecular weight excluding hydrogens is 433 g/mol. The summed E-state index contributed by atoms with van der Waals surface area (Å²) in [7, 11) is 1.62. The maximum absolute atomic E-state index is 13.2. The van der Waals surface area contributed by atoms with E-state index in [-0.39, 0.29) is 11.7 Å². The predicted molar refractivity (Wildman–Crippen MR) is 123 cm³/mol. The molecule has 5 nitrogen and oxygen atoms in total. The number of nitrogens with zero attached hydrogens (tertiary/aromatic N) is 3. The molecule has 0 atom stereocenters. The van der Waals surface area contributed by atoms with Crippen molar-refractivity contribution in [3.8, 4) is 5.75 Å². The number of benzene rings is 2. The van der Waals surface area contributed by atoms with Crippen LogP contribution in [0, 0.1) is 5.82 Å². The van der Waals surface area contributed by atoms with E-state index in [0.717, 1.165) is 26.6 Å². The number of pyridine rings is 1. The third-order valence-electron chi connectivity index (χ3n) is 4.56. The number of anilines is 1. The van der Waals surface area contributed by atoms with E-state index in [2.05, 4.69) is 9.97 Å². The molecule has 0 unspecified atom stereocenters. The molecule has 0 fully saturated rings. The molecule has 0 aliphatic carbocycles. The van der Waals surface area contributed by atoms with Crippen LogP contribution >= 0.6 is 23.1 Å². The van der Waals surface area contributed by atoms with Crippen LogP contribution in [-0.2, 0) is 11.3 Å². The highest BCUT2D eigenvalue weighted by Crippen LogP contribution is 2.32. The number of thioether (sulfide) groups is 1. The Hall–Kier alpha value is -2.97. The summed E-state index contributed by atoms with van der Waals surface area (Å²) >= 11 is 2.97. The minimum Gasteiger partial charge on any atom is -0.497 e. The van der Waals surface area contributed by atoms with E-state index in [0.29, 0.717) is 23.8 Å². The molecular formula is C23H20FN3O2S2. The van der Waals surface area contributed by atoms with E-state index >= 15 is 0 Å². The van der Waals surface area contributed by atoms with Crippen LogP contribution in [0.5, 0.6) is 5.75 Å². The fourth-order valence-corrected chi connectivity index (χ4v) is 4.82. The zero-order chi connectivity index (χ0) is 21.6. The molecule has 0 aliphatic rings. The second kappa shape index (κ2) is 9.89. The van der Waals surface area contributed by atoms with Crippen LogP contribution in [0.4, 0.5) is 9.52 Å². The van der Waals surface area contributed by atoms with Crippen molar-refractivity contribution in [2.24, 2.45) is 0 Å². The van der Waals surface area contributed by atoms with Gasteiger partial charge in [0.05, 0.1) is 29.6 Å². The second-order valence-electron chi connectivity index (χ2n) is 6.68. The molecule has 2 heterocycles. The zero-order valence-corrected chi connectivity index (χ0v) is 18.5. The smallest absolute Gasteiger partial charge is 0.229 e. The number of methoxy groups -OCH3 is 1. The molecule has 0 bridgehead atoms. The summed E-state index contributed by atoms with van der Waals surface area (Å²) < 4.78 is 19.3. The van der Waals surface area contributed by atoms with Gasteiger partial charge in [-0.3, -0.25) is 14.7 Å². The van der Waals surface area contributed by atoms with Crippen molar-refractivity contribution in [3.05, 3.63) is 78.4 Å². The molecule has 0 radical (unpaired) electrons. The number of carbonyl (C=O) groups is 1. The molecule has 0 aliphatic heterocycles. The molecule has 1 amide bonds. The highest BCUT2D eigenvalue weighted by atomic mass is 32.2. The van der Waals surface area contributed by atoms with Crippen LogP contribution in [0.15, 0.2) is 71.8 Å². The summed E-state index contributed by atoms with van der Waals surface area (Å²) in [5.74, 6) is 1.03. The Balaban J connectivity index is 1.53. The molecule has 8 heteroatoms. The van der Waals surface area contributed by atoms with E-state index < -0.39 is 0 Å². The van der Waals surface area contributed by atoms with Gasteiger partial charge in [-0.1, -0.05) is 17.4 Å². The van der Waals surface area contributed by atoms with Gasteiger partial charge < -0.3 is 4.74 Å². The van der Waals surface area contributed by atoms with Crippen LogP contribution in [0.2, 0.25) is 0 Å². The van der Waals surface area contributed by atoms with Crippen molar-refractivity contribution >= 4 is 44.4 Å². The quantitative estimate of drug-likeness (QED) is 0.327. The van der Waals surface area contributed by atoms with Crippen LogP contribution in [0.3, 0.4) is 0 Å². The Labute approximate surface area is 187 Å². The molecule has 2 aromatic carbocycles. The van der Waals surface area contributed by atoms with Crippen molar-refractivity contribution in [2.75, 3.05) is 17.8 Å². The summed E-state index contributed by atoms with van der Waals surface area (Å²) in [6.45, 7) is 0.345. The lowest BCUT2D eigenvalue weighted by atomic mass is 10.3. The number of rotatable bonds is 8. The fraction of sp³-hybridized carbons (Fsp3) is 0.174. The van der Waals surface area contributed by atoms with Crippen LogP contribution in [0.1, 0.15) is 12.1 Å². The van der Waals surface area contributed by atoms with E-state index in [1.165, 1.54) is 35.2 Å². The lowest BCUT2D eigenvalue weighted by Gasteiger charge is -2.19. The zero-order valence-electron chi connectivity index (χ0n) is 16.8. The Morgan fingerprint density at radius 2 is 2.00 bits per heavy atom. The molecule has 0 N–H and O–H groups in total. The average Bonchev–Trinajstić information content (AvgIpc) is 3.22. The van der Waals surface area contributed by atoms with Gasteiger partial charge in [0.1, 0.15) is 11.6 Å². The predicted octanol–water partition coefficient (Wildman–Crippen LogP) is 5.55. The van der Waals surface area contributed by atoms with Crippen molar-refractivity contribution in [1.29, 1.82) is 0 Å². The minimum atomic E-state index is -0.269. The molecule has 31 heavy (non-hydrogen) atoms. The van der Waals surface area contributed by atoms with Gasteiger partial charge in [0.25, 0.3) is 0 Å². The first-order valence-corrected chi connectivity index (χ1v) is 11.5. The van der Waals surface area contributed by atoms with Crippen molar-refractivity contribution < 1.29 is 13.9 Å². The number of thiazole rings is 1. The minimum absolute atomic E-state index is 0.0358. The monoisotopic (exact) mass is 453 g/mol. The van der Waals surface area contributed by atoms with Crippen molar-refractivity contribution in [2.45, 2.75) is 17.9 Å². The summed E-state index contributed by atoms with van der Waals surface area (Å²) in [4.78, 5) is 24.8. The summed E-state index contributed by atoms with van der Waals surface area (Å²) in [6, 6.07) is 17.6. The fourth-order valence-electron chi connectivity index (χ4n) is 2.97. The first-order chi connectivity index (χ1) is 15.1. The number of amides is 1. The van der Waals surface area contributed by atoms with Crippen LogP contribution in [0.25, 0.3) is 10.2 Å². The molecule has 4 aromatic rings. The topological polar surface area (TPSA) is 55.3 Å². The second-order valence-corrected chi connectivity index (χ2v) is 8.86. The maximum Gasteiger partial charge on any atom is 0.229 e.